The number of nitrogens with zero attached hydrogens (tertiary/aromatic N) is 4. The highest BCUT2D eigenvalue weighted by molar-refractivity contribution is 6.06. The zero-order valence-electron chi connectivity index (χ0n) is 26.0. The van der Waals surface area contributed by atoms with Gasteiger partial charge in [0.25, 0.3) is 0 Å². The topological polar surface area (TPSA) is 62.5 Å². The van der Waals surface area contributed by atoms with E-state index in [0.717, 1.165) is 50.1 Å². The third-order valence-corrected chi connectivity index (χ3v) is 8.60. The molecule has 1 aromatic heterocycles. The molecule has 0 aliphatic rings. The molecule has 0 unspecified atom stereocenters. The number of rotatable bonds is 6. The molecular formula is C44H28N4. The van der Waals surface area contributed by atoms with Crippen LogP contribution in [0.4, 0.5) is 0 Å². The molecule has 0 saturated heterocycles. The maximum absolute atomic E-state index is 9.36. The summed E-state index contributed by atoms with van der Waals surface area (Å²) < 4.78 is 0. The van der Waals surface area contributed by atoms with Gasteiger partial charge >= 0.3 is 0 Å². The first-order valence-electron chi connectivity index (χ1n) is 15.8. The summed E-state index contributed by atoms with van der Waals surface area (Å²) in [4.78, 5) is 14.7. The number of hydrogen-bond donors (Lipinski definition) is 0. The Morgan fingerprint density at radius 3 is 1.44 bits per heavy atom. The monoisotopic (exact) mass is 612 g/mol. The first kappa shape index (κ1) is 28.8. The van der Waals surface area contributed by atoms with Crippen molar-refractivity contribution in [3.63, 3.8) is 0 Å². The first-order chi connectivity index (χ1) is 23.7. The van der Waals surface area contributed by atoms with E-state index in [4.69, 9.17) is 15.0 Å². The van der Waals surface area contributed by atoms with Crippen molar-refractivity contribution in [3.8, 4) is 73.6 Å². The highest BCUT2D eigenvalue weighted by atomic mass is 15.0. The number of fused-ring (bicyclic) bond motifs is 1. The molecule has 1 heterocycles. The molecule has 0 atom stereocenters. The van der Waals surface area contributed by atoms with Gasteiger partial charge < -0.3 is 0 Å². The fraction of sp³-hybridized carbons (Fsp3) is 0. The van der Waals surface area contributed by atoms with Gasteiger partial charge in [0.15, 0.2) is 17.5 Å². The van der Waals surface area contributed by atoms with Crippen molar-refractivity contribution in [3.05, 3.63) is 175 Å². The second-order valence-electron chi connectivity index (χ2n) is 11.6. The Bertz CT molecular complexity index is 2370. The molecule has 0 radical (unpaired) electrons. The van der Waals surface area contributed by atoms with Crippen LogP contribution in [0.1, 0.15) is 5.56 Å². The molecule has 4 nitrogen and oxygen atoms in total. The number of hydrogen-bond acceptors (Lipinski definition) is 4. The van der Waals surface area contributed by atoms with Crippen LogP contribution in [0, 0.1) is 11.3 Å². The summed E-state index contributed by atoms with van der Waals surface area (Å²) in [6.45, 7) is 0. The zero-order valence-corrected chi connectivity index (χ0v) is 26.0. The molecule has 4 heteroatoms. The molecule has 224 valence electrons. The molecule has 0 bridgehead atoms. The van der Waals surface area contributed by atoms with Crippen molar-refractivity contribution in [2.75, 3.05) is 0 Å². The third-order valence-electron chi connectivity index (χ3n) is 8.60. The predicted octanol–water partition coefficient (Wildman–Crippen LogP) is 10.9. The van der Waals surface area contributed by atoms with E-state index < -0.39 is 0 Å². The molecule has 0 fully saturated rings. The third kappa shape index (κ3) is 5.51. The summed E-state index contributed by atoms with van der Waals surface area (Å²) in [7, 11) is 0. The van der Waals surface area contributed by atoms with Gasteiger partial charge in [-0.15, -0.1) is 0 Å². The second kappa shape index (κ2) is 12.6. The van der Waals surface area contributed by atoms with E-state index >= 15 is 0 Å². The van der Waals surface area contributed by atoms with Crippen LogP contribution < -0.4 is 0 Å². The van der Waals surface area contributed by atoms with Gasteiger partial charge in [-0.05, 0) is 56.3 Å². The van der Waals surface area contributed by atoms with Crippen LogP contribution >= 0.6 is 0 Å². The molecule has 0 saturated carbocycles. The average molecular weight is 613 g/mol. The van der Waals surface area contributed by atoms with Crippen molar-refractivity contribution in [2.45, 2.75) is 0 Å². The van der Waals surface area contributed by atoms with Crippen LogP contribution in [-0.2, 0) is 0 Å². The number of benzene rings is 7. The summed E-state index contributed by atoms with van der Waals surface area (Å²) in [5.41, 5.74) is 10.1. The summed E-state index contributed by atoms with van der Waals surface area (Å²) in [5.74, 6) is 1.90. The Labute approximate surface area is 279 Å². The molecule has 0 amide bonds. The van der Waals surface area contributed by atoms with Gasteiger partial charge in [-0.2, -0.15) is 5.26 Å². The molecule has 8 aromatic rings. The second-order valence-corrected chi connectivity index (χ2v) is 11.6. The van der Waals surface area contributed by atoms with Gasteiger partial charge in [-0.3, -0.25) is 0 Å². The molecule has 0 aliphatic heterocycles. The highest BCUT2D eigenvalue weighted by Gasteiger charge is 2.17. The lowest BCUT2D eigenvalue weighted by molar-refractivity contribution is 1.07. The maximum Gasteiger partial charge on any atom is 0.164 e. The van der Waals surface area contributed by atoms with Gasteiger partial charge in [-0.1, -0.05) is 158 Å². The molecular weight excluding hydrogens is 585 g/mol. The lowest BCUT2D eigenvalue weighted by Gasteiger charge is -2.17. The van der Waals surface area contributed by atoms with E-state index in [0.29, 0.717) is 23.0 Å². The Morgan fingerprint density at radius 1 is 0.354 bits per heavy atom. The fourth-order valence-electron chi connectivity index (χ4n) is 6.22. The Morgan fingerprint density at radius 2 is 0.833 bits per heavy atom. The number of aromatic nitrogens is 3. The van der Waals surface area contributed by atoms with E-state index in [2.05, 4.69) is 91.0 Å². The Hall–Kier alpha value is -6.70. The summed E-state index contributed by atoms with van der Waals surface area (Å²) >= 11 is 0. The van der Waals surface area contributed by atoms with Crippen LogP contribution in [0.15, 0.2) is 170 Å². The van der Waals surface area contributed by atoms with E-state index in [1.165, 1.54) is 10.8 Å². The summed E-state index contributed by atoms with van der Waals surface area (Å²) in [6.07, 6.45) is 0. The summed E-state index contributed by atoms with van der Waals surface area (Å²) in [6, 6.07) is 60.0. The van der Waals surface area contributed by atoms with Gasteiger partial charge in [0.05, 0.1) is 11.6 Å². The van der Waals surface area contributed by atoms with Crippen LogP contribution in [0.3, 0.4) is 0 Å². The van der Waals surface area contributed by atoms with Gasteiger partial charge in [0.2, 0.25) is 0 Å². The summed E-state index contributed by atoms with van der Waals surface area (Å²) in [5, 5.41) is 11.7. The Balaban J connectivity index is 1.27. The fourth-order valence-corrected chi connectivity index (χ4v) is 6.22. The minimum atomic E-state index is 0.624. The molecule has 0 aliphatic carbocycles. The van der Waals surface area contributed by atoms with Gasteiger partial charge in [0.1, 0.15) is 0 Å². The van der Waals surface area contributed by atoms with E-state index in [9.17, 15) is 5.26 Å². The van der Waals surface area contributed by atoms with Crippen molar-refractivity contribution < 1.29 is 0 Å². The standard InChI is InChI=1S/C44H28N4/c45-29-30-19-21-32(22-20-30)37-16-9-10-18-39(37)40-28-27-31-11-7-8-17-38(31)41(40)33-23-25-36(26-24-33)44-47-42(34-12-3-1-4-13-34)46-43(48-44)35-14-5-2-6-15-35/h1-28H. The largest absolute Gasteiger partial charge is 0.208 e. The average Bonchev–Trinajstić information content (AvgIpc) is 3.18. The van der Waals surface area contributed by atoms with Crippen molar-refractivity contribution in [1.82, 2.24) is 15.0 Å². The van der Waals surface area contributed by atoms with E-state index in [1.807, 2.05) is 84.9 Å². The lowest BCUT2D eigenvalue weighted by Crippen LogP contribution is -2.00. The Kier molecular flexibility index (Phi) is 7.54. The maximum atomic E-state index is 9.36. The zero-order chi connectivity index (χ0) is 32.3. The molecule has 0 N–H and O–H groups in total. The van der Waals surface area contributed by atoms with Crippen LogP contribution in [-0.4, -0.2) is 15.0 Å². The van der Waals surface area contributed by atoms with E-state index in [1.54, 1.807) is 0 Å². The van der Waals surface area contributed by atoms with E-state index in [-0.39, 0.29) is 0 Å². The normalized spacial score (nSPS) is 10.9. The molecule has 7 aromatic carbocycles. The van der Waals surface area contributed by atoms with Crippen LogP contribution in [0.25, 0.3) is 78.3 Å². The SMILES string of the molecule is N#Cc1ccc(-c2ccccc2-c2ccc3ccccc3c2-c2ccc(-c3nc(-c4ccccc4)nc(-c4ccccc4)n3)cc2)cc1. The first-order valence-corrected chi connectivity index (χ1v) is 15.8. The molecule has 8 rings (SSSR count). The van der Waals surface area contributed by atoms with Crippen molar-refractivity contribution in [2.24, 2.45) is 0 Å². The predicted molar refractivity (Wildman–Crippen MR) is 195 cm³/mol. The van der Waals surface area contributed by atoms with Crippen LogP contribution in [0.5, 0.6) is 0 Å². The number of nitriles is 1. The van der Waals surface area contributed by atoms with Gasteiger partial charge in [0, 0.05) is 16.7 Å². The van der Waals surface area contributed by atoms with Crippen molar-refractivity contribution >= 4 is 10.8 Å². The smallest absolute Gasteiger partial charge is 0.164 e. The lowest BCUT2D eigenvalue weighted by atomic mass is 9.86. The highest BCUT2D eigenvalue weighted by Crippen LogP contribution is 2.42. The van der Waals surface area contributed by atoms with Crippen LogP contribution in [0.2, 0.25) is 0 Å². The van der Waals surface area contributed by atoms with Crippen molar-refractivity contribution in [1.29, 1.82) is 5.26 Å². The molecule has 48 heavy (non-hydrogen) atoms. The van der Waals surface area contributed by atoms with Gasteiger partial charge in [-0.25, -0.2) is 15.0 Å². The minimum Gasteiger partial charge on any atom is -0.208 e. The minimum absolute atomic E-state index is 0.624. The molecule has 0 spiro atoms. The quantitative estimate of drug-likeness (QED) is 0.187.